The SMILES string of the molecule is CO.COC(=O)CNC(=O)CC(O)/C=C/CS. The van der Waals surface area contributed by atoms with E-state index < -0.39 is 18.0 Å². The number of rotatable bonds is 6. The minimum absolute atomic E-state index is 0.0821. The molecular formula is C10H19NO5S. The van der Waals surface area contributed by atoms with E-state index in [0.717, 1.165) is 7.11 Å². The van der Waals surface area contributed by atoms with Crippen molar-refractivity contribution in [2.45, 2.75) is 12.5 Å². The highest BCUT2D eigenvalue weighted by Crippen LogP contribution is 1.94. The van der Waals surface area contributed by atoms with Crippen molar-refractivity contribution in [1.29, 1.82) is 0 Å². The van der Waals surface area contributed by atoms with Crippen LogP contribution in [-0.4, -0.2) is 54.7 Å². The van der Waals surface area contributed by atoms with Crippen molar-refractivity contribution >= 4 is 24.5 Å². The van der Waals surface area contributed by atoms with Crippen LogP contribution in [0.3, 0.4) is 0 Å². The molecular weight excluding hydrogens is 246 g/mol. The second-order valence-corrected chi connectivity index (χ2v) is 3.10. The molecule has 100 valence electrons. The fourth-order valence-corrected chi connectivity index (χ4v) is 0.913. The Hall–Kier alpha value is -1.05. The van der Waals surface area contributed by atoms with Crippen molar-refractivity contribution in [2.24, 2.45) is 0 Å². The molecule has 6 nitrogen and oxygen atoms in total. The maximum Gasteiger partial charge on any atom is 0.325 e. The molecule has 0 spiro atoms. The number of methoxy groups -OCH3 is 1. The van der Waals surface area contributed by atoms with E-state index in [9.17, 15) is 14.7 Å². The summed E-state index contributed by atoms with van der Waals surface area (Å²) in [5.41, 5.74) is 0. The molecule has 0 saturated heterocycles. The summed E-state index contributed by atoms with van der Waals surface area (Å²) in [6.07, 6.45) is 2.18. The molecule has 0 aliphatic heterocycles. The van der Waals surface area contributed by atoms with Gasteiger partial charge in [-0.3, -0.25) is 9.59 Å². The Bertz CT molecular complexity index is 245. The molecule has 17 heavy (non-hydrogen) atoms. The summed E-state index contributed by atoms with van der Waals surface area (Å²) in [5, 5.41) is 18.6. The number of aliphatic hydroxyl groups excluding tert-OH is 2. The minimum Gasteiger partial charge on any atom is -0.468 e. The first-order valence-electron chi connectivity index (χ1n) is 4.84. The molecule has 0 aliphatic rings. The highest BCUT2D eigenvalue weighted by Gasteiger charge is 2.09. The summed E-state index contributed by atoms with van der Waals surface area (Å²) >= 11 is 3.91. The fraction of sp³-hybridized carbons (Fsp3) is 0.600. The zero-order valence-corrected chi connectivity index (χ0v) is 10.8. The number of thiol groups is 1. The highest BCUT2D eigenvalue weighted by molar-refractivity contribution is 7.80. The first kappa shape index (κ1) is 18.3. The zero-order chi connectivity index (χ0) is 13.7. The van der Waals surface area contributed by atoms with Crippen molar-refractivity contribution in [2.75, 3.05) is 26.5 Å². The second-order valence-electron chi connectivity index (χ2n) is 2.74. The number of ether oxygens (including phenoxy) is 1. The molecule has 0 rings (SSSR count). The van der Waals surface area contributed by atoms with Gasteiger partial charge in [-0.05, 0) is 0 Å². The van der Waals surface area contributed by atoms with Crippen LogP contribution in [-0.2, 0) is 14.3 Å². The topological polar surface area (TPSA) is 95.9 Å². The van der Waals surface area contributed by atoms with Crippen LogP contribution in [0.4, 0.5) is 0 Å². The molecule has 1 atom stereocenters. The van der Waals surface area contributed by atoms with Gasteiger partial charge >= 0.3 is 5.97 Å². The molecule has 0 aliphatic carbocycles. The summed E-state index contributed by atoms with van der Waals surface area (Å²) in [5.74, 6) is -0.429. The molecule has 7 heteroatoms. The van der Waals surface area contributed by atoms with Crippen molar-refractivity contribution in [3.05, 3.63) is 12.2 Å². The summed E-state index contributed by atoms with van der Waals surface area (Å²) < 4.78 is 4.33. The monoisotopic (exact) mass is 265 g/mol. The quantitative estimate of drug-likeness (QED) is 0.284. The van der Waals surface area contributed by atoms with E-state index >= 15 is 0 Å². The molecule has 0 radical (unpaired) electrons. The number of hydrogen-bond donors (Lipinski definition) is 4. The molecule has 1 amide bonds. The second kappa shape index (κ2) is 13.0. The molecule has 0 aromatic rings. The van der Waals surface area contributed by atoms with Gasteiger partial charge in [0, 0.05) is 12.9 Å². The summed E-state index contributed by atoms with van der Waals surface area (Å²) in [7, 11) is 2.23. The van der Waals surface area contributed by atoms with Crippen LogP contribution in [0.5, 0.6) is 0 Å². The average molecular weight is 265 g/mol. The third-order valence-corrected chi connectivity index (χ3v) is 1.73. The van der Waals surface area contributed by atoms with E-state index in [1.54, 1.807) is 6.08 Å². The third kappa shape index (κ3) is 12.9. The lowest BCUT2D eigenvalue weighted by molar-refractivity contribution is -0.141. The molecule has 0 saturated carbocycles. The zero-order valence-electron chi connectivity index (χ0n) is 9.92. The molecule has 0 bridgehead atoms. The largest absolute Gasteiger partial charge is 0.468 e. The maximum absolute atomic E-state index is 11.1. The van der Waals surface area contributed by atoms with Gasteiger partial charge in [0.05, 0.1) is 19.6 Å². The predicted octanol–water partition coefficient (Wildman–Crippen LogP) is -0.879. The van der Waals surface area contributed by atoms with Gasteiger partial charge in [0.1, 0.15) is 6.54 Å². The lowest BCUT2D eigenvalue weighted by atomic mass is 10.2. The van der Waals surface area contributed by atoms with E-state index in [1.807, 2.05) is 0 Å². The van der Waals surface area contributed by atoms with Gasteiger partial charge in [0.25, 0.3) is 0 Å². The van der Waals surface area contributed by atoms with E-state index in [2.05, 4.69) is 22.7 Å². The Morgan fingerprint density at radius 2 is 2.06 bits per heavy atom. The average Bonchev–Trinajstić information content (AvgIpc) is 2.35. The summed E-state index contributed by atoms with van der Waals surface area (Å²) in [6, 6.07) is 0. The Balaban J connectivity index is 0. The van der Waals surface area contributed by atoms with Crippen LogP contribution in [0.2, 0.25) is 0 Å². The Morgan fingerprint density at radius 1 is 1.47 bits per heavy atom. The van der Waals surface area contributed by atoms with Crippen LogP contribution < -0.4 is 5.32 Å². The van der Waals surface area contributed by atoms with Gasteiger partial charge < -0.3 is 20.3 Å². The van der Waals surface area contributed by atoms with Gasteiger partial charge in [0.2, 0.25) is 5.91 Å². The van der Waals surface area contributed by atoms with Gasteiger partial charge in [-0.2, -0.15) is 12.6 Å². The van der Waals surface area contributed by atoms with Gasteiger partial charge in [-0.15, -0.1) is 0 Å². The van der Waals surface area contributed by atoms with Crippen LogP contribution >= 0.6 is 12.6 Å². The molecule has 3 N–H and O–H groups in total. The fourth-order valence-electron chi connectivity index (χ4n) is 0.791. The third-order valence-electron chi connectivity index (χ3n) is 1.52. The Morgan fingerprint density at radius 3 is 2.53 bits per heavy atom. The van der Waals surface area contributed by atoms with Gasteiger partial charge in [0.15, 0.2) is 0 Å². The number of esters is 1. The van der Waals surface area contributed by atoms with Crippen molar-refractivity contribution < 1.29 is 24.5 Å². The number of carbonyl (C=O) groups is 2. The number of nitrogens with one attached hydrogen (secondary N) is 1. The Labute approximate surface area is 106 Å². The molecule has 0 heterocycles. The van der Waals surface area contributed by atoms with E-state index in [4.69, 9.17) is 5.11 Å². The number of carbonyl (C=O) groups excluding carboxylic acids is 2. The van der Waals surface area contributed by atoms with Gasteiger partial charge in [-0.1, -0.05) is 12.2 Å². The lowest BCUT2D eigenvalue weighted by Crippen LogP contribution is -2.32. The molecule has 0 aromatic heterocycles. The van der Waals surface area contributed by atoms with Gasteiger partial charge in [-0.25, -0.2) is 0 Å². The highest BCUT2D eigenvalue weighted by atomic mass is 32.1. The van der Waals surface area contributed by atoms with Crippen LogP contribution in [0.15, 0.2) is 12.2 Å². The first-order chi connectivity index (χ1) is 8.10. The smallest absolute Gasteiger partial charge is 0.325 e. The van der Waals surface area contributed by atoms with E-state index in [0.29, 0.717) is 5.75 Å². The van der Waals surface area contributed by atoms with Crippen LogP contribution in [0.25, 0.3) is 0 Å². The van der Waals surface area contributed by atoms with Crippen molar-refractivity contribution in [3.63, 3.8) is 0 Å². The summed E-state index contributed by atoms with van der Waals surface area (Å²) in [4.78, 5) is 21.8. The van der Waals surface area contributed by atoms with E-state index in [-0.39, 0.29) is 13.0 Å². The molecule has 1 unspecified atom stereocenters. The predicted molar refractivity (Wildman–Crippen MR) is 66.8 cm³/mol. The number of amides is 1. The van der Waals surface area contributed by atoms with Crippen molar-refractivity contribution in [3.8, 4) is 0 Å². The minimum atomic E-state index is -0.852. The number of aliphatic hydroxyl groups is 2. The normalized spacial score (nSPS) is 11.4. The van der Waals surface area contributed by atoms with Crippen LogP contribution in [0, 0.1) is 0 Å². The van der Waals surface area contributed by atoms with E-state index in [1.165, 1.54) is 13.2 Å². The molecule has 0 aromatic carbocycles. The standard InChI is InChI=1S/C9H15NO4S.CH4O/c1-14-9(13)6-10-8(12)5-7(11)3-2-4-15;1-2/h2-3,7,11,15H,4-6H2,1H3,(H,10,12);2H,1H3/b3-2+;. The summed E-state index contributed by atoms with van der Waals surface area (Å²) in [6.45, 7) is -0.182. The first-order valence-corrected chi connectivity index (χ1v) is 5.47. The van der Waals surface area contributed by atoms with Crippen molar-refractivity contribution in [1.82, 2.24) is 5.32 Å². The van der Waals surface area contributed by atoms with Crippen LogP contribution in [0.1, 0.15) is 6.42 Å². The molecule has 0 fully saturated rings. The Kier molecular flexibility index (Phi) is 14.0. The number of hydrogen-bond acceptors (Lipinski definition) is 6. The lowest BCUT2D eigenvalue weighted by Gasteiger charge is -2.06. The maximum atomic E-state index is 11.1.